The van der Waals surface area contributed by atoms with Gasteiger partial charge in [-0.2, -0.15) is 0 Å². The molecule has 1 N–H and O–H groups in total. The van der Waals surface area contributed by atoms with Gasteiger partial charge in [0.2, 0.25) is 0 Å². The number of likely N-dealkylation sites (tertiary alicyclic amines) is 1. The van der Waals surface area contributed by atoms with E-state index in [2.05, 4.69) is 37.9 Å². The Balaban J connectivity index is 2.34. The van der Waals surface area contributed by atoms with E-state index in [-0.39, 0.29) is 0 Å². The third-order valence-corrected chi connectivity index (χ3v) is 3.77. The average Bonchev–Trinajstić information content (AvgIpc) is 2.25. The zero-order valence-corrected chi connectivity index (χ0v) is 10.9. The van der Waals surface area contributed by atoms with Crippen LogP contribution in [0.1, 0.15) is 53.4 Å². The molecule has 0 aromatic rings. The maximum absolute atomic E-state index is 3.65. The van der Waals surface area contributed by atoms with Gasteiger partial charge in [-0.3, -0.25) is 4.90 Å². The summed E-state index contributed by atoms with van der Waals surface area (Å²) in [6.45, 7) is 11.7. The van der Waals surface area contributed by atoms with E-state index in [0.717, 1.165) is 18.1 Å². The Kier molecular flexibility index (Phi) is 5.62. The lowest BCUT2D eigenvalue weighted by atomic mass is 9.96. The van der Waals surface area contributed by atoms with Crippen LogP contribution in [0.4, 0.5) is 0 Å². The van der Waals surface area contributed by atoms with Crippen LogP contribution < -0.4 is 5.32 Å². The van der Waals surface area contributed by atoms with Crippen LogP contribution in [0, 0.1) is 0 Å². The zero-order chi connectivity index (χ0) is 11.3. The molecule has 90 valence electrons. The molecule has 1 heterocycles. The van der Waals surface area contributed by atoms with E-state index >= 15 is 0 Å². The number of hydrogen-bond donors (Lipinski definition) is 1. The van der Waals surface area contributed by atoms with Crippen LogP contribution in [-0.2, 0) is 0 Å². The van der Waals surface area contributed by atoms with Crippen molar-refractivity contribution in [1.29, 1.82) is 0 Å². The van der Waals surface area contributed by atoms with Gasteiger partial charge in [0.15, 0.2) is 0 Å². The van der Waals surface area contributed by atoms with Crippen molar-refractivity contribution < 1.29 is 0 Å². The summed E-state index contributed by atoms with van der Waals surface area (Å²) in [5.41, 5.74) is 0. The highest BCUT2D eigenvalue weighted by molar-refractivity contribution is 4.85. The van der Waals surface area contributed by atoms with Gasteiger partial charge in [-0.05, 0) is 46.1 Å². The predicted octanol–water partition coefficient (Wildman–Crippen LogP) is 2.64. The number of rotatable bonds is 5. The minimum absolute atomic E-state index is 0.753. The molecular formula is C13H28N2. The van der Waals surface area contributed by atoms with Crippen LogP contribution in [0.3, 0.4) is 0 Å². The Morgan fingerprint density at radius 2 is 2.13 bits per heavy atom. The maximum Gasteiger partial charge on any atom is 0.00940 e. The van der Waals surface area contributed by atoms with Crippen molar-refractivity contribution in [3.8, 4) is 0 Å². The highest BCUT2D eigenvalue weighted by Crippen LogP contribution is 2.20. The van der Waals surface area contributed by atoms with Crippen LogP contribution in [-0.4, -0.2) is 36.1 Å². The van der Waals surface area contributed by atoms with Crippen LogP contribution in [0.2, 0.25) is 0 Å². The van der Waals surface area contributed by atoms with Crippen LogP contribution in [0.5, 0.6) is 0 Å². The molecule has 1 aliphatic heterocycles. The molecular weight excluding hydrogens is 184 g/mol. The van der Waals surface area contributed by atoms with E-state index in [9.17, 15) is 0 Å². The van der Waals surface area contributed by atoms with E-state index in [1.54, 1.807) is 0 Å². The third kappa shape index (κ3) is 3.76. The summed E-state index contributed by atoms with van der Waals surface area (Å²) in [4.78, 5) is 2.67. The summed E-state index contributed by atoms with van der Waals surface area (Å²) in [7, 11) is 0. The first kappa shape index (κ1) is 13.0. The van der Waals surface area contributed by atoms with Crippen molar-refractivity contribution in [2.75, 3.05) is 13.1 Å². The Morgan fingerprint density at radius 1 is 1.40 bits per heavy atom. The lowest BCUT2D eigenvalue weighted by Gasteiger charge is -2.41. The fourth-order valence-corrected chi connectivity index (χ4v) is 2.61. The zero-order valence-electron chi connectivity index (χ0n) is 10.9. The van der Waals surface area contributed by atoms with Gasteiger partial charge in [-0.1, -0.05) is 13.8 Å². The summed E-state index contributed by atoms with van der Waals surface area (Å²) in [5.74, 6) is 0. The van der Waals surface area contributed by atoms with E-state index in [1.807, 2.05) is 0 Å². The van der Waals surface area contributed by atoms with Gasteiger partial charge in [-0.25, -0.2) is 0 Å². The standard InChI is InChI=1S/C13H28N2/c1-5-8-14-13-7-9-15(11(3)6-2)12(4)10-13/h11-14H,5-10H2,1-4H3. The summed E-state index contributed by atoms with van der Waals surface area (Å²) in [6, 6.07) is 2.27. The molecule has 3 atom stereocenters. The van der Waals surface area contributed by atoms with Gasteiger partial charge in [0.1, 0.15) is 0 Å². The van der Waals surface area contributed by atoms with Crippen molar-refractivity contribution in [2.45, 2.75) is 71.5 Å². The Morgan fingerprint density at radius 3 is 2.67 bits per heavy atom. The Labute approximate surface area is 95.4 Å². The normalized spacial score (nSPS) is 30.4. The van der Waals surface area contributed by atoms with Gasteiger partial charge in [0.25, 0.3) is 0 Å². The first-order valence-electron chi connectivity index (χ1n) is 6.68. The molecule has 0 aromatic heterocycles. The minimum atomic E-state index is 0.753. The van der Waals surface area contributed by atoms with Gasteiger partial charge in [-0.15, -0.1) is 0 Å². The molecule has 0 radical (unpaired) electrons. The molecule has 1 rings (SSSR count). The van der Waals surface area contributed by atoms with Crippen LogP contribution in [0.25, 0.3) is 0 Å². The van der Waals surface area contributed by atoms with Gasteiger partial charge in [0, 0.05) is 24.7 Å². The number of nitrogens with zero attached hydrogens (tertiary/aromatic N) is 1. The van der Waals surface area contributed by atoms with E-state index in [1.165, 1.54) is 38.8 Å². The topological polar surface area (TPSA) is 15.3 Å². The average molecular weight is 212 g/mol. The smallest absolute Gasteiger partial charge is 0.00940 e. The van der Waals surface area contributed by atoms with Gasteiger partial charge >= 0.3 is 0 Å². The summed E-state index contributed by atoms with van der Waals surface area (Å²) < 4.78 is 0. The quantitative estimate of drug-likeness (QED) is 0.753. The molecule has 0 aromatic carbocycles. The fraction of sp³-hybridized carbons (Fsp3) is 1.00. The first-order chi connectivity index (χ1) is 7.19. The molecule has 0 amide bonds. The van der Waals surface area contributed by atoms with E-state index < -0.39 is 0 Å². The maximum atomic E-state index is 3.65. The fourth-order valence-electron chi connectivity index (χ4n) is 2.61. The molecule has 1 fully saturated rings. The largest absolute Gasteiger partial charge is 0.314 e. The second kappa shape index (κ2) is 6.49. The van der Waals surface area contributed by atoms with E-state index in [0.29, 0.717) is 0 Å². The Hall–Kier alpha value is -0.0800. The molecule has 0 aliphatic carbocycles. The van der Waals surface area contributed by atoms with Crippen molar-refractivity contribution in [3.05, 3.63) is 0 Å². The van der Waals surface area contributed by atoms with Crippen molar-refractivity contribution in [2.24, 2.45) is 0 Å². The minimum Gasteiger partial charge on any atom is -0.314 e. The molecule has 1 aliphatic rings. The second-order valence-electron chi connectivity index (χ2n) is 5.02. The molecule has 3 unspecified atom stereocenters. The van der Waals surface area contributed by atoms with Crippen molar-refractivity contribution in [3.63, 3.8) is 0 Å². The van der Waals surface area contributed by atoms with E-state index in [4.69, 9.17) is 0 Å². The number of hydrogen-bond acceptors (Lipinski definition) is 2. The lowest BCUT2D eigenvalue weighted by Crippen LogP contribution is -2.50. The summed E-state index contributed by atoms with van der Waals surface area (Å²) in [5, 5.41) is 3.65. The molecule has 0 spiro atoms. The highest BCUT2D eigenvalue weighted by atomic mass is 15.2. The first-order valence-corrected chi connectivity index (χ1v) is 6.68. The number of nitrogens with one attached hydrogen (secondary N) is 1. The molecule has 15 heavy (non-hydrogen) atoms. The van der Waals surface area contributed by atoms with Gasteiger partial charge < -0.3 is 5.32 Å². The van der Waals surface area contributed by atoms with Crippen molar-refractivity contribution >= 4 is 0 Å². The predicted molar refractivity (Wildman–Crippen MR) is 67.2 cm³/mol. The highest BCUT2D eigenvalue weighted by Gasteiger charge is 2.27. The molecule has 2 heteroatoms. The molecule has 0 bridgehead atoms. The monoisotopic (exact) mass is 212 g/mol. The molecule has 1 saturated heterocycles. The van der Waals surface area contributed by atoms with Crippen LogP contribution >= 0.6 is 0 Å². The molecule has 0 saturated carbocycles. The molecule has 2 nitrogen and oxygen atoms in total. The lowest BCUT2D eigenvalue weighted by molar-refractivity contribution is 0.0937. The Bertz CT molecular complexity index is 170. The summed E-state index contributed by atoms with van der Waals surface area (Å²) in [6.07, 6.45) is 5.18. The SMILES string of the molecule is CCCNC1CCN(C(C)CC)C(C)C1. The summed E-state index contributed by atoms with van der Waals surface area (Å²) >= 11 is 0. The second-order valence-corrected chi connectivity index (χ2v) is 5.02. The van der Waals surface area contributed by atoms with Crippen LogP contribution in [0.15, 0.2) is 0 Å². The third-order valence-electron chi connectivity index (χ3n) is 3.77. The van der Waals surface area contributed by atoms with Gasteiger partial charge in [0.05, 0.1) is 0 Å². The van der Waals surface area contributed by atoms with Crippen molar-refractivity contribution in [1.82, 2.24) is 10.2 Å². The number of piperidine rings is 1.